The highest BCUT2D eigenvalue weighted by Crippen LogP contribution is 2.25. The van der Waals surface area contributed by atoms with Crippen LogP contribution in [-0.2, 0) is 14.8 Å². The lowest BCUT2D eigenvalue weighted by Crippen LogP contribution is -2.59. The number of hydrogen-bond donors (Lipinski definition) is 3. The van der Waals surface area contributed by atoms with Gasteiger partial charge in [-0.25, -0.2) is 22.3 Å². The van der Waals surface area contributed by atoms with Crippen LogP contribution in [0.15, 0.2) is 4.90 Å². The molecule has 0 aliphatic carbocycles. The van der Waals surface area contributed by atoms with Crippen LogP contribution in [0, 0.1) is 12.7 Å². The van der Waals surface area contributed by atoms with Gasteiger partial charge in [0.1, 0.15) is 4.90 Å². The fourth-order valence-corrected chi connectivity index (χ4v) is 3.55. The number of H-pyrrole nitrogens is 1. The van der Waals surface area contributed by atoms with Gasteiger partial charge in [0.2, 0.25) is 10.0 Å². The van der Waals surface area contributed by atoms with E-state index in [-0.39, 0.29) is 18.9 Å². The minimum Gasteiger partial charge on any atom is -0.476 e. The second-order valence-electron chi connectivity index (χ2n) is 4.73. The van der Waals surface area contributed by atoms with Crippen molar-refractivity contribution in [3.63, 3.8) is 0 Å². The van der Waals surface area contributed by atoms with Crippen molar-refractivity contribution >= 4 is 16.0 Å². The molecule has 9 heteroatoms. The molecule has 7 nitrogen and oxygen atoms in total. The smallest absolute Gasteiger partial charge is 0.355 e. The number of halogens is 1. The third-order valence-electron chi connectivity index (χ3n) is 2.78. The van der Waals surface area contributed by atoms with Crippen molar-refractivity contribution in [3.8, 4) is 0 Å². The van der Waals surface area contributed by atoms with E-state index >= 15 is 0 Å². The number of carboxylic acid groups (broad SMARTS) is 1. The van der Waals surface area contributed by atoms with E-state index in [1.807, 2.05) is 0 Å². The Kier molecular flexibility index (Phi) is 3.15. The molecule has 0 radical (unpaired) electrons. The van der Waals surface area contributed by atoms with Crippen LogP contribution in [0.1, 0.15) is 23.1 Å². The Labute approximate surface area is 108 Å². The fourth-order valence-electron chi connectivity index (χ4n) is 1.89. The summed E-state index contributed by atoms with van der Waals surface area (Å²) in [6.07, 6.45) is 0. The average molecular weight is 292 g/mol. The maximum atomic E-state index is 13.9. The first-order valence-corrected chi connectivity index (χ1v) is 6.88. The molecule has 0 unspecified atom stereocenters. The van der Waals surface area contributed by atoms with Gasteiger partial charge in [0, 0.05) is 5.69 Å². The second-order valence-corrected chi connectivity index (χ2v) is 6.35. The topological polar surface area (TPSA) is 108 Å². The third kappa shape index (κ3) is 2.36. The number of carboxylic acids is 1. The summed E-state index contributed by atoms with van der Waals surface area (Å²) in [6, 6.07) is 0. The molecule has 2 rings (SSSR count). The van der Waals surface area contributed by atoms with Crippen molar-refractivity contribution in [2.24, 2.45) is 0 Å². The molecule has 19 heavy (non-hydrogen) atoms. The van der Waals surface area contributed by atoms with E-state index in [0.29, 0.717) is 0 Å². The Hall–Kier alpha value is -1.45. The number of aromatic nitrogens is 1. The maximum Gasteiger partial charge on any atom is 0.355 e. The maximum absolute atomic E-state index is 13.9. The van der Waals surface area contributed by atoms with Crippen LogP contribution in [0.2, 0.25) is 0 Å². The predicted octanol–water partition coefficient (Wildman–Crippen LogP) is 0.228. The van der Waals surface area contributed by atoms with Gasteiger partial charge < -0.3 is 14.8 Å². The van der Waals surface area contributed by atoms with Crippen LogP contribution in [0.5, 0.6) is 0 Å². The van der Waals surface area contributed by atoms with Gasteiger partial charge in [-0.1, -0.05) is 0 Å². The van der Waals surface area contributed by atoms with Crippen molar-refractivity contribution in [2.75, 3.05) is 13.2 Å². The van der Waals surface area contributed by atoms with E-state index in [0.717, 1.165) is 0 Å². The highest BCUT2D eigenvalue weighted by Gasteiger charge is 2.40. The predicted molar refractivity (Wildman–Crippen MR) is 62.0 cm³/mol. The molecule has 0 amide bonds. The zero-order chi connectivity index (χ0) is 14.4. The van der Waals surface area contributed by atoms with Gasteiger partial charge in [-0.05, 0) is 13.8 Å². The van der Waals surface area contributed by atoms with Gasteiger partial charge in [-0.3, -0.25) is 0 Å². The minimum atomic E-state index is -4.15. The van der Waals surface area contributed by atoms with Crippen LogP contribution in [0.25, 0.3) is 0 Å². The van der Waals surface area contributed by atoms with Gasteiger partial charge in [0.05, 0.1) is 18.8 Å². The molecule has 1 aromatic rings. The summed E-state index contributed by atoms with van der Waals surface area (Å²) in [6.45, 7) is 3.28. The number of sulfonamides is 1. The number of rotatable bonds is 4. The van der Waals surface area contributed by atoms with Crippen LogP contribution < -0.4 is 4.72 Å². The van der Waals surface area contributed by atoms with Crippen molar-refractivity contribution in [3.05, 3.63) is 17.2 Å². The van der Waals surface area contributed by atoms with E-state index in [2.05, 4.69) is 9.71 Å². The van der Waals surface area contributed by atoms with Gasteiger partial charge in [-0.15, -0.1) is 0 Å². The summed E-state index contributed by atoms with van der Waals surface area (Å²) >= 11 is 0. The molecular weight excluding hydrogens is 279 g/mol. The molecule has 0 atom stereocenters. The number of nitrogens with one attached hydrogen (secondary N) is 2. The molecule has 1 aliphatic heterocycles. The number of hydrogen-bond acceptors (Lipinski definition) is 4. The van der Waals surface area contributed by atoms with Gasteiger partial charge in [0.15, 0.2) is 11.5 Å². The molecule has 0 aromatic carbocycles. The monoisotopic (exact) mass is 292 g/mol. The Morgan fingerprint density at radius 1 is 1.53 bits per heavy atom. The van der Waals surface area contributed by atoms with Gasteiger partial charge >= 0.3 is 5.97 Å². The highest BCUT2D eigenvalue weighted by molar-refractivity contribution is 7.89. The van der Waals surface area contributed by atoms with Gasteiger partial charge in [-0.2, -0.15) is 0 Å². The second kappa shape index (κ2) is 4.29. The lowest BCUT2D eigenvalue weighted by Gasteiger charge is -2.38. The normalized spacial score (nSPS) is 18.1. The quantitative estimate of drug-likeness (QED) is 0.736. The summed E-state index contributed by atoms with van der Waals surface area (Å²) < 4.78 is 45.3. The van der Waals surface area contributed by atoms with E-state index in [4.69, 9.17) is 9.84 Å². The highest BCUT2D eigenvalue weighted by atomic mass is 32.2. The molecule has 0 spiro atoms. The van der Waals surface area contributed by atoms with Crippen molar-refractivity contribution in [2.45, 2.75) is 24.3 Å². The summed E-state index contributed by atoms with van der Waals surface area (Å²) in [4.78, 5) is 12.3. The first-order chi connectivity index (χ1) is 8.66. The van der Waals surface area contributed by atoms with E-state index in [1.165, 1.54) is 6.92 Å². The summed E-state index contributed by atoms with van der Waals surface area (Å²) in [5.41, 5.74) is -1.63. The average Bonchev–Trinajstić information content (AvgIpc) is 2.51. The molecular formula is C10H13FN2O5S. The largest absolute Gasteiger partial charge is 0.476 e. The number of aromatic carboxylic acids is 1. The van der Waals surface area contributed by atoms with E-state index in [1.54, 1.807) is 6.92 Å². The summed E-state index contributed by atoms with van der Waals surface area (Å²) in [5.74, 6) is -2.85. The van der Waals surface area contributed by atoms with Gasteiger partial charge in [0.25, 0.3) is 0 Å². The molecule has 1 aliphatic rings. The standard InChI is InChI=1S/C10H13FN2O5S/c1-5-8(6(11)7(12-5)9(14)15)19(16,17)13-10(2)3-18-4-10/h12-13H,3-4H2,1-2H3,(H,14,15). The SMILES string of the molecule is Cc1[nH]c(C(=O)O)c(F)c1S(=O)(=O)NC1(C)COC1. The Morgan fingerprint density at radius 2 is 2.11 bits per heavy atom. The summed E-state index contributed by atoms with van der Waals surface area (Å²) in [5, 5.41) is 8.75. The molecule has 1 fully saturated rings. The van der Waals surface area contributed by atoms with E-state index in [9.17, 15) is 17.6 Å². The summed E-state index contributed by atoms with van der Waals surface area (Å²) in [7, 11) is -4.15. The van der Waals surface area contributed by atoms with E-state index < -0.39 is 37.9 Å². The van der Waals surface area contributed by atoms with Crippen molar-refractivity contribution < 1.29 is 27.4 Å². The third-order valence-corrected chi connectivity index (χ3v) is 4.56. The van der Waals surface area contributed by atoms with Crippen LogP contribution >= 0.6 is 0 Å². The minimum absolute atomic E-state index is 0.0637. The molecule has 3 N–H and O–H groups in total. The Bertz CT molecular complexity index is 633. The zero-order valence-electron chi connectivity index (χ0n) is 10.3. The first kappa shape index (κ1) is 14.0. The molecule has 1 aromatic heterocycles. The number of carbonyl (C=O) groups is 1. The van der Waals surface area contributed by atoms with Crippen LogP contribution in [0.4, 0.5) is 4.39 Å². The number of ether oxygens (including phenoxy) is 1. The Balaban J connectivity index is 2.43. The molecule has 106 valence electrons. The lowest BCUT2D eigenvalue weighted by molar-refractivity contribution is -0.0523. The fraction of sp³-hybridized carbons (Fsp3) is 0.500. The molecule has 0 bridgehead atoms. The lowest BCUT2D eigenvalue weighted by atomic mass is 10.0. The number of aromatic amines is 1. The molecule has 0 saturated carbocycles. The Morgan fingerprint density at radius 3 is 2.47 bits per heavy atom. The molecule has 1 saturated heterocycles. The first-order valence-electron chi connectivity index (χ1n) is 5.39. The zero-order valence-corrected chi connectivity index (χ0v) is 11.1. The van der Waals surface area contributed by atoms with Crippen LogP contribution in [0.3, 0.4) is 0 Å². The van der Waals surface area contributed by atoms with Crippen molar-refractivity contribution in [1.82, 2.24) is 9.71 Å². The molecule has 2 heterocycles. The van der Waals surface area contributed by atoms with Crippen molar-refractivity contribution in [1.29, 1.82) is 0 Å². The number of aryl methyl sites for hydroxylation is 1. The van der Waals surface area contributed by atoms with Crippen LogP contribution in [-0.4, -0.2) is 43.2 Å².